The highest BCUT2D eigenvalue weighted by Crippen LogP contribution is 2.40. The average Bonchev–Trinajstić information content (AvgIpc) is 2.85. The van der Waals surface area contributed by atoms with Gasteiger partial charge in [0, 0.05) is 11.1 Å². The molecule has 0 spiro atoms. The SMILES string of the molecule is CCCC1CCC(c2ccc(-c3ccc(C=Cc4ccc(C)c(F)c4F)cc3)c(F)c2F)CC1. The zero-order valence-corrected chi connectivity index (χ0v) is 19.7. The minimum absolute atomic E-state index is 0.0798. The molecule has 0 bridgehead atoms. The van der Waals surface area contributed by atoms with E-state index < -0.39 is 23.3 Å². The van der Waals surface area contributed by atoms with Crippen molar-refractivity contribution in [3.8, 4) is 11.1 Å². The molecule has 0 heterocycles. The molecule has 1 saturated carbocycles. The molecule has 0 amide bonds. The van der Waals surface area contributed by atoms with E-state index in [0.29, 0.717) is 17.0 Å². The normalized spacial score (nSPS) is 18.5. The van der Waals surface area contributed by atoms with Gasteiger partial charge in [-0.05, 0) is 66.7 Å². The minimum Gasteiger partial charge on any atom is -0.203 e. The molecule has 0 unspecified atom stereocenters. The highest BCUT2D eigenvalue weighted by molar-refractivity contribution is 5.72. The fourth-order valence-corrected chi connectivity index (χ4v) is 5.02. The Labute approximate surface area is 199 Å². The van der Waals surface area contributed by atoms with Gasteiger partial charge in [0.2, 0.25) is 0 Å². The van der Waals surface area contributed by atoms with E-state index in [2.05, 4.69) is 6.92 Å². The summed E-state index contributed by atoms with van der Waals surface area (Å²) in [5.74, 6) is -2.50. The second-order valence-corrected chi connectivity index (χ2v) is 9.39. The second kappa shape index (κ2) is 10.6. The molecule has 0 aliphatic heterocycles. The van der Waals surface area contributed by atoms with Crippen molar-refractivity contribution in [3.63, 3.8) is 0 Å². The van der Waals surface area contributed by atoms with Gasteiger partial charge in [-0.15, -0.1) is 0 Å². The van der Waals surface area contributed by atoms with Crippen molar-refractivity contribution in [2.75, 3.05) is 0 Å². The maximum Gasteiger partial charge on any atom is 0.166 e. The molecule has 178 valence electrons. The molecular weight excluding hydrogens is 436 g/mol. The summed E-state index contributed by atoms with van der Waals surface area (Å²) in [5, 5.41) is 0. The predicted molar refractivity (Wildman–Crippen MR) is 131 cm³/mol. The van der Waals surface area contributed by atoms with E-state index in [1.165, 1.54) is 38.0 Å². The molecule has 1 aliphatic carbocycles. The Morgan fingerprint density at radius 3 is 2.12 bits per heavy atom. The van der Waals surface area contributed by atoms with Crippen LogP contribution in [-0.4, -0.2) is 0 Å². The first-order valence-corrected chi connectivity index (χ1v) is 12.1. The van der Waals surface area contributed by atoms with Gasteiger partial charge in [-0.3, -0.25) is 0 Å². The van der Waals surface area contributed by atoms with E-state index in [-0.39, 0.29) is 22.6 Å². The van der Waals surface area contributed by atoms with Crippen LogP contribution < -0.4 is 0 Å². The van der Waals surface area contributed by atoms with Crippen molar-refractivity contribution in [2.45, 2.75) is 58.3 Å². The number of benzene rings is 3. The van der Waals surface area contributed by atoms with Crippen LogP contribution in [0, 0.1) is 36.1 Å². The molecule has 0 atom stereocenters. The van der Waals surface area contributed by atoms with Gasteiger partial charge in [-0.25, -0.2) is 17.6 Å². The third-order valence-electron chi connectivity index (χ3n) is 7.08. The van der Waals surface area contributed by atoms with E-state index in [1.54, 1.807) is 42.5 Å². The smallest absolute Gasteiger partial charge is 0.166 e. The molecule has 1 aliphatic rings. The van der Waals surface area contributed by atoms with Crippen LogP contribution in [0.2, 0.25) is 0 Å². The van der Waals surface area contributed by atoms with Gasteiger partial charge < -0.3 is 0 Å². The average molecular weight is 467 g/mol. The van der Waals surface area contributed by atoms with E-state index in [1.807, 2.05) is 0 Å². The summed E-state index contributed by atoms with van der Waals surface area (Å²) < 4.78 is 57.8. The maximum atomic E-state index is 15.0. The molecule has 0 nitrogen and oxygen atoms in total. The largest absolute Gasteiger partial charge is 0.203 e. The molecule has 1 fully saturated rings. The summed E-state index contributed by atoms with van der Waals surface area (Å²) in [5.41, 5.74) is 2.43. The van der Waals surface area contributed by atoms with Gasteiger partial charge in [-0.1, -0.05) is 80.4 Å². The third kappa shape index (κ3) is 5.11. The summed E-state index contributed by atoms with van der Waals surface area (Å²) >= 11 is 0. The van der Waals surface area contributed by atoms with Crippen LogP contribution in [-0.2, 0) is 0 Å². The first-order chi connectivity index (χ1) is 16.4. The molecule has 0 N–H and O–H groups in total. The first-order valence-electron chi connectivity index (χ1n) is 12.1. The Kier molecular flexibility index (Phi) is 7.55. The Balaban J connectivity index is 1.50. The predicted octanol–water partition coefficient (Wildman–Crippen LogP) is 9.46. The van der Waals surface area contributed by atoms with Crippen molar-refractivity contribution >= 4 is 12.2 Å². The Morgan fingerprint density at radius 2 is 1.44 bits per heavy atom. The summed E-state index contributed by atoms with van der Waals surface area (Å²) in [7, 11) is 0. The van der Waals surface area contributed by atoms with Crippen LogP contribution in [0.5, 0.6) is 0 Å². The van der Waals surface area contributed by atoms with Crippen LogP contribution in [0.4, 0.5) is 17.6 Å². The minimum atomic E-state index is -0.885. The Hall–Kier alpha value is -2.88. The lowest BCUT2D eigenvalue weighted by Crippen LogP contribution is -2.14. The fourth-order valence-electron chi connectivity index (χ4n) is 5.02. The number of rotatable bonds is 6. The van der Waals surface area contributed by atoms with Crippen LogP contribution in [0.15, 0.2) is 48.5 Å². The van der Waals surface area contributed by atoms with Crippen LogP contribution in [0.25, 0.3) is 23.3 Å². The molecule has 0 aromatic heterocycles. The van der Waals surface area contributed by atoms with Gasteiger partial charge in [0.25, 0.3) is 0 Å². The van der Waals surface area contributed by atoms with Crippen molar-refractivity contribution in [1.82, 2.24) is 0 Å². The number of hydrogen-bond acceptors (Lipinski definition) is 0. The third-order valence-corrected chi connectivity index (χ3v) is 7.08. The van der Waals surface area contributed by atoms with Crippen LogP contribution in [0.3, 0.4) is 0 Å². The Bertz CT molecular complexity index is 1170. The highest BCUT2D eigenvalue weighted by atomic mass is 19.2. The molecule has 0 saturated heterocycles. The zero-order valence-electron chi connectivity index (χ0n) is 19.7. The van der Waals surface area contributed by atoms with Crippen molar-refractivity contribution in [1.29, 1.82) is 0 Å². The van der Waals surface area contributed by atoms with E-state index in [9.17, 15) is 8.78 Å². The van der Waals surface area contributed by atoms with E-state index in [0.717, 1.165) is 31.2 Å². The number of aryl methyl sites for hydroxylation is 1. The topological polar surface area (TPSA) is 0 Å². The molecule has 4 heteroatoms. The van der Waals surface area contributed by atoms with Crippen LogP contribution >= 0.6 is 0 Å². The van der Waals surface area contributed by atoms with Crippen molar-refractivity contribution < 1.29 is 17.6 Å². The molecular formula is C30H30F4. The second-order valence-electron chi connectivity index (χ2n) is 9.39. The fraction of sp³-hybridized carbons (Fsp3) is 0.333. The zero-order chi connectivity index (χ0) is 24.2. The Morgan fingerprint density at radius 1 is 0.735 bits per heavy atom. The number of hydrogen-bond donors (Lipinski definition) is 0. The highest BCUT2D eigenvalue weighted by Gasteiger charge is 2.26. The van der Waals surface area contributed by atoms with E-state index >= 15 is 8.78 Å². The monoisotopic (exact) mass is 466 g/mol. The summed E-state index contributed by atoms with van der Waals surface area (Å²) in [6.07, 6.45) is 9.52. The molecule has 3 aromatic rings. The van der Waals surface area contributed by atoms with Gasteiger partial charge in [0.05, 0.1) is 0 Å². The lowest BCUT2D eigenvalue weighted by molar-refractivity contribution is 0.303. The molecule has 3 aromatic carbocycles. The van der Waals surface area contributed by atoms with E-state index in [4.69, 9.17) is 0 Å². The molecule has 4 rings (SSSR count). The van der Waals surface area contributed by atoms with Gasteiger partial charge >= 0.3 is 0 Å². The standard InChI is InChI=1S/C30H30F4/c1-3-4-20-6-12-22(13-7-20)25-17-18-26(30(34)29(25)33)23-14-8-21(9-15-23)10-16-24-11-5-19(2)27(31)28(24)32/h5,8-11,14-18,20,22H,3-4,6-7,12-13H2,1-2H3. The number of halogens is 4. The summed E-state index contributed by atoms with van der Waals surface area (Å²) in [4.78, 5) is 0. The van der Waals surface area contributed by atoms with Crippen molar-refractivity contribution in [2.24, 2.45) is 5.92 Å². The lowest BCUT2D eigenvalue weighted by Gasteiger charge is -2.29. The van der Waals surface area contributed by atoms with Crippen molar-refractivity contribution in [3.05, 3.63) is 94.1 Å². The molecule has 34 heavy (non-hydrogen) atoms. The van der Waals surface area contributed by atoms with Crippen LogP contribution in [0.1, 0.15) is 73.6 Å². The van der Waals surface area contributed by atoms with Gasteiger partial charge in [-0.2, -0.15) is 0 Å². The lowest BCUT2D eigenvalue weighted by atomic mass is 9.77. The summed E-state index contributed by atoms with van der Waals surface area (Å²) in [6, 6.07) is 13.4. The molecule has 0 radical (unpaired) electrons. The quantitative estimate of drug-likeness (QED) is 0.251. The summed E-state index contributed by atoms with van der Waals surface area (Å²) in [6.45, 7) is 3.70. The maximum absolute atomic E-state index is 15.0. The van der Waals surface area contributed by atoms with Gasteiger partial charge in [0.15, 0.2) is 23.3 Å². The first kappa shape index (κ1) is 24.3. The van der Waals surface area contributed by atoms with Gasteiger partial charge in [0.1, 0.15) is 0 Å².